The van der Waals surface area contributed by atoms with Crippen LogP contribution in [-0.4, -0.2) is 13.7 Å². The molecule has 0 aliphatic rings. The van der Waals surface area contributed by atoms with Crippen molar-refractivity contribution in [3.05, 3.63) is 50.0 Å². The average molecular weight is 462 g/mol. The SMILES string of the molecule is CCOc1c(Br)cc(CNc2ccccc2I)cc1OC. The van der Waals surface area contributed by atoms with Gasteiger partial charge in [0.25, 0.3) is 0 Å². The van der Waals surface area contributed by atoms with Crippen LogP contribution in [0, 0.1) is 3.57 Å². The fourth-order valence-corrected chi connectivity index (χ4v) is 3.14. The van der Waals surface area contributed by atoms with E-state index in [1.807, 2.05) is 25.1 Å². The highest BCUT2D eigenvalue weighted by Gasteiger charge is 2.11. The van der Waals surface area contributed by atoms with Crippen LogP contribution in [-0.2, 0) is 6.54 Å². The lowest BCUT2D eigenvalue weighted by Crippen LogP contribution is -2.03. The normalized spacial score (nSPS) is 10.3. The zero-order valence-corrected chi connectivity index (χ0v) is 15.7. The Labute approximate surface area is 147 Å². The summed E-state index contributed by atoms with van der Waals surface area (Å²) in [6.45, 7) is 3.29. The molecule has 0 saturated carbocycles. The van der Waals surface area contributed by atoms with Gasteiger partial charge in [0, 0.05) is 15.8 Å². The van der Waals surface area contributed by atoms with Gasteiger partial charge in [-0.1, -0.05) is 12.1 Å². The summed E-state index contributed by atoms with van der Waals surface area (Å²) in [5.74, 6) is 1.49. The fraction of sp³-hybridized carbons (Fsp3) is 0.250. The van der Waals surface area contributed by atoms with E-state index in [1.165, 1.54) is 3.57 Å². The third-order valence-electron chi connectivity index (χ3n) is 2.93. The summed E-state index contributed by atoms with van der Waals surface area (Å²) in [4.78, 5) is 0. The quantitative estimate of drug-likeness (QED) is 0.609. The number of nitrogens with one attached hydrogen (secondary N) is 1. The summed E-state index contributed by atoms with van der Waals surface area (Å²) in [5, 5.41) is 3.43. The molecular weight excluding hydrogens is 445 g/mol. The van der Waals surface area contributed by atoms with Crippen LogP contribution >= 0.6 is 38.5 Å². The van der Waals surface area contributed by atoms with Gasteiger partial charge in [-0.2, -0.15) is 0 Å². The summed E-state index contributed by atoms with van der Waals surface area (Å²) in [5.41, 5.74) is 2.25. The first-order valence-corrected chi connectivity index (χ1v) is 8.50. The summed E-state index contributed by atoms with van der Waals surface area (Å²) in [7, 11) is 1.65. The molecule has 112 valence electrons. The highest BCUT2D eigenvalue weighted by atomic mass is 127. The Hall–Kier alpha value is -0.950. The third-order valence-corrected chi connectivity index (χ3v) is 4.46. The van der Waals surface area contributed by atoms with Gasteiger partial charge in [-0.05, 0) is 75.3 Å². The van der Waals surface area contributed by atoms with Crippen molar-refractivity contribution in [3.8, 4) is 11.5 Å². The molecule has 0 fully saturated rings. The molecule has 0 aliphatic carbocycles. The first kappa shape index (κ1) is 16.4. The minimum Gasteiger partial charge on any atom is -0.493 e. The molecule has 2 aromatic carbocycles. The van der Waals surface area contributed by atoms with Gasteiger partial charge in [-0.3, -0.25) is 0 Å². The minimum atomic E-state index is 0.606. The molecule has 0 aromatic heterocycles. The third kappa shape index (κ3) is 4.26. The highest BCUT2D eigenvalue weighted by molar-refractivity contribution is 14.1. The molecule has 0 bridgehead atoms. The largest absolute Gasteiger partial charge is 0.493 e. The summed E-state index contributed by atoms with van der Waals surface area (Å²) in [6, 6.07) is 12.3. The lowest BCUT2D eigenvalue weighted by Gasteiger charge is -2.14. The Bertz CT molecular complexity index is 619. The lowest BCUT2D eigenvalue weighted by molar-refractivity contribution is 0.308. The van der Waals surface area contributed by atoms with Gasteiger partial charge in [0.05, 0.1) is 18.2 Å². The lowest BCUT2D eigenvalue weighted by atomic mass is 10.2. The molecule has 3 nitrogen and oxygen atoms in total. The van der Waals surface area contributed by atoms with Crippen LogP contribution in [0.4, 0.5) is 5.69 Å². The van der Waals surface area contributed by atoms with E-state index in [9.17, 15) is 0 Å². The molecule has 0 atom stereocenters. The maximum absolute atomic E-state index is 5.60. The molecule has 1 N–H and O–H groups in total. The van der Waals surface area contributed by atoms with Crippen LogP contribution < -0.4 is 14.8 Å². The van der Waals surface area contributed by atoms with Crippen LogP contribution in [0.3, 0.4) is 0 Å². The van der Waals surface area contributed by atoms with Crippen LogP contribution in [0.25, 0.3) is 0 Å². The molecule has 0 unspecified atom stereocenters. The molecule has 0 saturated heterocycles. The van der Waals surface area contributed by atoms with Crippen molar-refractivity contribution in [1.29, 1.82) is 0 Å². The first-order valence-electron chi connectivity index (χ1n) is 6.63. The van der Waals surface area contributed by atoms with E-state index < -0.39 is 0 Å². The summed E-state index contributed by atoms with van der Waals surface area (Å²) >= 11 is 5.87. The van der Waals surface area contributed by atoms with Crippen LogP contribution in [0.2, 0.25) is 0 Å². The van der Waals surface area contributed by atoms with Gasteiger partial charge in [-0.15, -0.1) is 0 Å². The average Bonchev–Trinajstić information content (AvgIpc) is 2.48. The number of hydrogen-bond acceptors (Lipinski definition) is 3. The molecule has 0 spiro atoms. The second-order valence-corrected chi connectivity index (χ2v) is 6.39. The molecule has 0 radical (unpaired) electrons. The van der Waals surface area contributed by atoms with Crippen molar-refractivity contribution in [2.75, 3.05) is 19.0 Å². The van der Waals surface area contributed by atoms with Crippen LogP contribution in [0.15, 0.2) is 40.9 Å². The molecule has 21 heavy (non-hydrogen) atoms. The Morgan fingerprint density at radius 2 is 2.00 bits per heavy atom. The topological polar surface area (TPSA) is 30.5 Å². The molecular formula is C16H17BrINO2. The van der Waals surface area contributed by atoms with E-state index in [1.54, 1.807) is 7.11 Å². The zero-order valence-electron chi connectivity index (χ0n) is 12.0. The van der Waals surface area contributed by atoms with Gasteiger partial charge in [0.2, 0.25) is 0 Å². The molecule has 2 aromatic rings. The second kappa shape index (κ2) is 7.89. The van der Waals surface area contributed by atoms with Gasteiger partial charge in [0.15, 0.2) is 11.5 Å². The highest BCUT2D eigenvalue weighted by Crippen LogP contribution is 2.36. The number of para-hydroxylation sites is 1. The number of methoxy groups -OCH3 is 1. The van der Waals surface area contributed by atoms with Crippen molar-refractivity contribution < 1.29 is 9.47 Å². The number of halogens is 2. The van der Waals surface area contributed by atoms with E-state index >= 15 is 0 Å². The monoisotopic (exact) mass is 461 g/mol. The predicted molar refractivity (Wildman–Crippen MR) is 98.3 cm³/mol. The predicted octanol–water partition coefficient (Wildman–Crippen LogP) is 5.07. The van der Waals surface area contributed by atoms with E-state index in [0.717, 1.165) is 33.8 Å². The molecule has 0 heterocycles. The Morgan fingerprint density at radius 3 is 2.67 bits per heavy atom. The van der Waals surface area contributed by atoms with Gasteiger partial charge in [0.1, 0.15) is 0 Å². The Balaban J connectivity index is 2.17. The number of ether oxygens (including phenoxy) is 2. The molecule has 0 aliphatic heterocycles. The number of anilines is 1. The molecule has 2 rings (SSSR count). The fourth-order valence-electron chi connectivity index (χ4n) is 1.96. The second-order valence-electron chi connectivity index (χ2n) is 4.38. The summed E-state index contributed by atoms with van der Waals surface area (Å²) in [6.07, 6.45) is 0. The Kier molecular flexibility index (Phi) is 6.17. The maximum atomic E-state index is 5.60. The van der Waals surface area contributed by atoms with Gasteiger partial charge < -0.3 is 14.8 Å². The first-order chi connectivity index (χ1) is 10.2. The minimum absolute atomic E-state index is 0.606. The van der Waals surface area contributed by atoms with Crippen molar-refractivity contribution in [2.45, 2.75) is 13.5 Å². The standard InChI is InChI=1S/C16H17BrINO2/c1-3-21-16-12(17)8-11(9-15(16)20-2)10-19-14-7-5-4-6-13(14)18/h4-9,19H,3,10H2,1-2H3. The smallest absolute Gasteiger partial charge is 0.175 e. The summed E-state index contributed by atoms with van der Waals surface area (Å²) < 4.78 is 13.1. The molecule has 5 heteroatoms. The molecule has 0 amide bonds. The zero-order chi connectivity index (χ0) is 15.2. The number of rotatable bonds is 6. The maximum Gasteiger partial charge on any atom is 0.175 e. The van der Waals surface area contributed by atoms with E-state index in [-0.39, 0.29) is 0 Å². The van der Waals surface area contributed by atoms with Crippen molar-refractivity contribution in [1.82, 2.24) is 0 Å². The van der Waals surface area contributed by atoms with Gasteiger partial charge >= 0.3 is 0 Å². The van der Waals surface area contributed by atoms with Crippen molar-refractivity contribution in [2.24, 2.45) is 0 Å². The van der Waals surface area contributed by atoms with E-state index in [4.69, 9.17) is 9.47 Å². The van der Waals surface area contributed by atoms with E-state index in [0.29, 0.717) is 6.61 Å². The van der Waals surface area contributed by atoms with Crippen LogP contribution in [0.1, 0.15) is 12.5 Å². The van der Waals surface area contributed by atoms with Crippen molar-refractivity contribution >= 4 is 44.2 Å². The Morgan fingerprint density at radius 1 is 1.24 bits per heavy atom. The number of benzene rings is 2. The van der Waals surface area contributed by atoms with Crippen LogP contribution in [0.5, 0.6) is 11.5 Å². The van der Waals surface area contributed by atoms with Crippen molar-refractivity contribution in [3.63, 3.8) is 0 Å². The van der Waals surface area contributed by atoms with E-state index in [2.05, 4.69) is 62.0 Å². The number of hydrogen-bond donors (Lipinski definition) is 1. The van der Waals surface area contributed by atoms with Gasteiger partial charge in [-0.25, -0.2) is 0 Å².